The molecule has 0 spiro atoms. The van der Waals surface area contributed by atoms with E-state index >= 15 is 0 Å². The van der Waals surface area contributed by atoms with Gasteiger partial charge in [0.15, 0.2) is 0 Å². The Kier molecular flexibility index (Phi) is 7.56. The largest absolute Gasteiger partial charge is 0.346 e. The molecule has 2 rings (SSSR count). The third-order valence-corrected chi connectivity index (χ3v) is 4.07. The molecule has 5 nitrogen and oxygen atoms in total. The molecule has 0 radical (unpaired) electrons. The Morgan fingerprint density at radius 3 is 2.71 bits per heavy atom. The zero-order chi connectivity index (χ0) is 14.4. The van der Waals surface area contributed by atoms with Crippen LogP contribution in [0, 0.1) is 0 Å². The molecule has 0 saturated carbocycles. The summed E-state index contributed by atoms with van der Waals surface area (Å²) in [5.74, 6) is 1.36. The summed E-state index contributed by atoms with van der Waals surface area (Å²) in [7, 11) is 1.74. The topological polar surface area (TPSA) is 61.4 Å². The summed E-state index contributed by atoms with van der Waals surface area (Å²) in [6.07, 6.45) is 0. The van der Waals surface area contributed by atoms with E-state index in [1.54, 1.807) is 23.7 Å². The fourth-order valence-corrected chi connectivity index (χ4v) is 2.87. The van der Waals surface area contributed by atoms with Gasteiger partial charge in [-0.25, -0.2) is 0 Å². The summed E-state index contributed by atoms with van der Waals surface area (Å²) in [5, 5.41) is 5.76. The lowest BCUT2D eigenvalue weighted by Gasteiger charge is -2.18. The maximum Gasteiger partial charge on any atom is 0.242 e. The van der Waals surface area contributed by atoms with Crippen molar-refractivity contribution < 1.29 is 9.59 Å². The number of nitrogens with zero attached hydrogens (tertiary/aromatic N) is 1. The van der Waals surface area contributed by atoms with Crippen LogP contribution < -0.4 is 10.6 Å². The molecule has 21 heavy (non-hydrogen) atoms. The van der Waals surface area contributed by atoms with Gasteiger partial charge >= 0.3 is 0 Å². The molecular weight excluding hydrogens is 310 g/mol. The number of hydrogen-bond donors (Lipinski definition) is 2. The number of nitrogens with one attached hydrogen (secondary N) is 2. The minimum atomic E-state index is -0.174. The fourth-order valence-electron chi connectivity index (χ4n) is 1.93. The van der Waals surface area contributed by atoms with Crippen LogP contribution in [0.5, 0.6) is 0 Å². The molecule has 1 aromatic rings. The van der Waals surface area contributed by atoms with Crippen molar-refractivity contribution in [1.29, 1.82) is 0 Å². The molecule has 1 aromatic carbocycles. The predicted octanol–water partition coefficient (Wildman–Crippen LogP) is 0.845. The lowest BCUT2D eigenvalue weighted by molar-refractivity contribution is -0.132. The summed E-state index contributed by atoms with van der Waals surface area (Å²) in [6.45, 7) is 0.595. The molecule has 1 heterocycles. The minimum absolute atomic E-state index is 0. The van der Waals surface area contributed by atoms with Crippen molar-refractivity contribution in [1.82, 2.24) is 15.5 Å². The van der Waals surface area contributed by atoms with Gasteiger partial charge < -0.3 is 10.2 Å². The van der Waals surface area contributed by atoms with Crippen molar-refractivity contribution in [3.8, 4) is 0 Å². The first kappa shape index (κ1) is 17.8. The molecule has 1 aliphatic rings. The molecule has 2 N–H and O–H groups in total. The van der Waals surface area contributed by atoms with Crippen molar-refractivity contribution in [3.63, 3.8) is 0 Å². The molecule has 1 fully saturated rings. The molecule has 1 saturated heterocycles. The smallest absolute Gasteiger partial charge is 0.242 e. The first-order valence-electron chi connectivity index (χ1n) is 6.53. The van der Waals surface area contributed by atoms with Crippen LogP contribution in [0.3, 0.4) is 0 Å². The van der Waals surface area contributed by atoms with Crippen LogP contribution in [0.1, 0.15) is 5.56 Å². The molecule has 116 valence electrons. The molecular formula is C14H20ClN3O2S. The second-order valence-electron chi connectivity index (χ2n) is 4.73. The Hall–Kier alpha value is -1.24. The third kappa shape index (κ3) is 5.57. The van der Waals surface area contributed by atoms with E-state index in [1.807, 2.05) is 30.3 Å². The normalized spacial score (nSPS) is 16.9. The van der Waals surface area contributed by atoms with Gasteiger partial charge in [-0.05, 0) is 5.56 Å². The van der Waals surface area contributed by atoms with Gasteiger partial charge in [-0.3, -0.25) is 14.9 Å². The second-order valence-corrected chi connectivity index (χ2v) is 5.76. The van der Waals surface area contributed by atoms with Crippen molar-refractivity contribution in [2.75, 3.05) is 25.2 Å². The van der Waals surface area contributed by atoms with E-state index < -0.39 is 0 Å². The predicted molar refractivity (Wildman–Crippen MR) is 87.4 cm³/mol. The van der Waals surface area contributed by atoms with Crippen LogP contribution in [0.25, 0.3) is 0 Å². The van der Waals surface area contributed by atoms with E-state index in [0.29, 0.717) is 6.54 Å². The summed E-state index contributed by atoms with van der Waals surface area (Å²) < 4.78 is 0. The van der Waals surface area contributed by atoms with E-state index in [-0.39, 0.29) is 36.8 Å². The quantitative estimate of drug-likeness (QED) is 0.840. The lowest BCUT2D eigenvalue weighted by atomic mass is 10.2. The first-order chi connectivity index (χ1) is 9.66. The van der Waals surface area contributed by atoms with Gasteiger partial charge in [0.25, 0.3) is 0 Å². The minimum Gasteiger partial charge on any atom is -0.346 e. The maximum atomic E-state index is 12.0. The van der Waals surface area contributed by atoms with Crippen molar-refractivity contribution in [3.05, 3.63) is 35.9 Å². The number of carbonyl (C=O) groups excluding carboxylic acids is 2. The van der Waals surface area contributed by atoms with Gasteiger partial charge in [0.1, 0.15) is 0 Å². The molecule has 0 aliphatic carbocycles. The van der Waals surface area contributed by atoms with Crippen LogP contribution in [0.4, 0.5) is 0 Å². The average molecular weight is 330 g/mol. The zero-order valence-corrected chi connectivity index (χ0v) is 13.5. The lowest BCUT2D eigenvalue weighted by Crippen LogP contribution is -2.46. The SMILES string of the molecule is CN(Cc1ccccc1)C(=O)CNC(=O)C1CSCN1.Cl. The second kappa shape index (κ2) is 8.92. The summed E-state index contributed by atoms with van der Waals surface area (Å²) >= 11 is 1.69. The Bertz CT molecular complexity index is 467. The van der Waals surface area contributed by atoms with E-state index in [1.165, 1.54) is 0 Å². The van der Waals surface area contributed by atoms with E-state index in [2.05, 4.69) is 10.6 Å². The number of benzene rings is 1. The van der Waals surface area contributed by atoms with E-state index in [4.69, 9.17) is 0 Å². The van der Waals surface area contributed by atoms with Crippen LogP contribution >= 0.6 is 24.2 Å². The highest BCUT2D eigenvalue weighted by Crippen LogP contribution is 2.09. The summed E-state index contributed by atoms with van der Waals surface area (Å²) in [4.78, 5) is 25.3. The van der Waals surface area contributed by atoms with Gasteiger partial charge in [0, 0.05) is 25.2 Å². The average Bonchev–Trinajstić information content (AvgIpc) is 2.99. The summed E-state index contributed by atoms with van der Waals surface area (Å²) in [5.41, 5.74) is 1.07. The van der Waals surface area contributed by atoms with Gasteiger partial charge in [0.2, 0.25) is 11.8 Å². The summed E-state index contributed by atoms with van der Waals surface area (Å²) in [6, 6.07) is 9.60. The molecule has 1 atom stereocenters. The number of amides is 2. The molecule has 7 heteroatoms. The Morgan fingerprint density at radius 1 is 1.38 bits per heavy atom. The van der Waals surface area contributed by atoms with E-state index in [9.17, 15) is 9.59 Å². The number of carbonyl (C=O) groups is 2. The van der Waals surface area contributed by atoms with Crippen molar-refractivity contribution in [2.24, 2.45) is 0 Å². The Balaban J connectivity index is 0.00000220. The maximum absolute atomic E-state index is 12.0. The van der Waals surface area contributed by atoms with Gasteiger partial charge in [0.05, 0.1) is 12.6 Å². The monoisotopic (exact) mass is 329 g/mol. The number of hydrogen-bond acceptors (Lipinski definition) is 4. The van der Waals surface area contributed by atoms with E-state index in [0.717, 1.165) is 17.2 Å². The van der Waals surface area contributed by atoms with Crippen LogP contribution in [0.2, 0.25) is 0 Å². The highest BCUT2D eigenvalue weighted by molar-refractivity contribution is 7.99. The third-order valence-electron chi connectivity index (χ3n) is 3.13. The van der Waals surface area contributed by atoms with Gasteiger partial charge in [-0.1, -0.05) is 30.3 Å². The first-order valence-corrected chi connectivity index (χ1v) is 7.69. The number of likely N-dealkylation sites (N-methyl/N-ethyl adjacent to an activating group) is 1. The standard InChI is InChI=1S/C14H19N3O2S.ClH/c1-17(8-11-5-3-2-4-6-11)13(18)7-15-14(19)12-9-20-10-16-12;/h2-6,12,16H,7-10H2,1H3,(H,15,19);1H. The number of halogens is 1. The molecule has 0 aromatic heterocycles. The Morgan fingerprint density at radius 2 is 2.10 bits per heavy atom. The van der Waals surface area contributed by atoms with Gasteiger partial charge in [-0.15, -0.1) is 24.2 Å². The van der Waals surface area contributed by atoms with Crippen LogP contribution in [-0.2, 0) is 16.1 Å². The number of thioether (sulfide) groups is 1. The van der Waals surface area contributed by atoms with Crippen molar-refractivity contribution >= 4 is 36.0 Å². The highest BCUT2D eigenvalue weighted by atomic mass is 35.5. The van der Waals surface area contributed by atoms with Crippen LogP contribution in [0.15, 0.2) is 30.3 Å². The Labute approximate surface area is 135 Å². The molecule has 0 bridgehead atoms. The molecule has 1 aliphatic heterocycles. The highest BCUT2D eigenvalue weighted by Gasteiger charge is 2.23. The van der Waals surface area contributed by atoms with Crippen molar-refractivity contribution in [2.45, 2.75) is 12.6 Å². The fraction of sp³-hybridized carbons (Fsp3) is 0.429. The molecule has 2 amide bonds. The van der Waals surface area contributed by atoms with Gasteiger partial charge in [-0.2, -0.15) is 0 Å². The van der Waals surface area contributed by atoms with Crippen LogP contribution in [-0.4, -0.2) is 48.0 Å². The zero-order valence-electron chi connectivity index (χ0n) is 11.9. The number of rotatable bonds is 5. The molecule has 1 unspecified atom stereocenters.